The number of carbonyl (C=O) groups excluding carboxylic acids is 1. The molecule has 1 rings (SSSR count). The molecule has 0 radical (unpaired) electrons. The highest BCUT2D eigenvalue weighted by Gasteiger charge is 2.39. The third-order valence-corrected chi connectivity index (χ3v) is 3.94. The Hall–Kier alpha value is -0.510. The maximum atomic E-state index is 13.3. The number of ketones is 1. The summed E-state index contributed by atoms with van der Waals surface area (Å²) in [6, 6.07) is 0. The molecule has 2 unspecified atom stereocenters. The first-order chi connectivity index (χ1) is 8.33. The van der Waals surface area contributed by atoms with Gasteiger partial charge in [-0.1, -0.05) is 6.92 Å². The van der Waals surface area contributed by atoms with E-state index in [4.69, 9.17) is 4.74 Å². The Balaban J connectivity index is 2.58. The summed E-state index contributed by atoms with van der Waals surface area (Å²) in [6.45, 7) is 5.97. The molecule has 18 heavy (non-hydrogen) atoms. The van der Waals surface area contributed by atoms with E-state index in [0.717, 1.165) is 6.42 Å². The summed E-state index contributed by atoms with van der Waals surface area (Å²) in [6.07, 6.45) is 1.87. The Morgan fingerprint density at radius 2 is 2.11 bits per heavy atom. The maximum Gasteiger partial charge on any atom is 0.248 e. The lowest BCUT2D eigenvalue weighted by atomic mass is 9.80. The highest BCUT2D eigenvalue weighted by Crippen LogP contribution is 2.39. The van der Waals surface area contributed by atoms with Gasteiger partial charge in [0.15, 0.2) is 5.78 Å². The highest BCUT2D eigenvalue weighted by atomic mass is 19.3. The normalized spacial score (nSPS) is 26.6. The Morgan fingerprint density at radius 3 is 2.61 bits per heavy atom. The van der Waals surface area contributed by atoms with Gasteiger partial charge in [-0.05, 0) is 39.0 Å². The van der Waals surface area contributed by atoms with Crippen molar-refractivity contribution in [3.05, 3.63) is 0 Å². The van der Waals surface area contributed by atoms with Gasteiger partial charge in [0.1, 0.15) is 5.60 Å². The minimum absolute atomic E-state index is 0.0328. The van der Waals surface area contributed by atoms with Gasteiger partial charge >= 0.3 is 0 Å². The van der Waals surface area contributed by atoms with Crippen LogP contribution in [0.15, 0.2) is 0 Å². The molecule has 0 aromatic rings. The molecule has 0 saturated heterocycles. The van der Waals surface area contributed by atoms with Gasteiger partial charge in [0.25, 0.3) is 0 Å². The van der Waals surface area contributed by atoms with Gasteiger partial charge in [-0.15, -0.1) is 0 Å². The van der Waals surface area contributed by atoms with Crippen molar-refractivity contribution in [2.45, 2.75) is 70.8 Å². The number of alkyl halides is 2. The molecule has 0 aromatic heterocycles. The topological polar surface area (TPSA) is 26.3 Å². The summed E-state index contributed by atoms with van der Waals surface area (Å²) in [5.74, 6) is -2.81. The van der Waals surface area contributed by atoms with Crippen LogP contribution < -0.4 is 0 Å². The highest BCUT2D eigenvalue weighted by molar-refractivity contribution is 5.87. The van der Waals surface area contributed by atoms with Crippen LogP contribution in [-0.4, -0.2) is 23.9 Å². The van der Waals surface area contributed by atoms with Gasteiger partial charge in [-0.25, -0.2) is 8.78 Å². The minimum atomic E-state index is -2.59. The van der Waals surface area contributed by atoms with E-state index in [2.05, 4.69) is 0 Å². The van der Waals surface area contributed by atoms with Gasteiger partial charge in [0, 0.05) is 25.9 Å². The quantitative estimate of drug-likeness (QED) is 0.723. The van der Waals surface area contributed by atoms with Gasteiger partial charge in [-0.3, -0.25) is 4.79 Å². The molecule has 0 amide bonds. The lowest BCUT2D eigenvalue weighted by molar-refractivity contribution is -0.145. The Labute approximate surface area is 108 Å². The second-order valence-corrected chi connectivity index (χ2v) is 5.46. The fourth-order valence-electron chi connectivity index (χ4n) is 2.63. The van der Waals surface area contributed by atoms with Crippen molar-refractivity contribution in [3.63, 3.8) is 0 Å². The minimum Gasteiger partial charge on any atom is -0.368 e. The summed E-state index contributed by atoms with van der Waals surface area (Å²) in [5.41, 5.74) is -0.804. The third-order valence-electron chi connectivity index (χ3n) is 3.94. The molecule has 1 aliphatic rings. The van der Waals surface area contributed by atoms with Gasteiger partial charge in [0.2, 0.25) is 5.92 Å². The fraction of sp³-hybridized carbons (Fsp3) is 0.929. The number of halogens is 2. The Bertz CT molecular complexity index is 292. The summed E-state index contributed by atoms with van der Waals surface area (Å²) in [5, 5.41) is 0. The van der Waals surface area contributed by atoms with Crippen molar-refractivity contribution in [1.82, 2.24) is 0 Å². The molecule has 1 fully saturated rings. The Kier molecular flexibility index (Phi) is 5.26. The van der Waals surface area contributed by atoms with Gasteiger partial charge in [-0.2, -0.15) is 0 Å². The molecule has 0 spiro atoms. The van der Waals surface area contributed by atoms with E-state index >= 15 is 0 Å². The first-order valence-corrected chi connectivity index (χ1v) is 6.88. The first-order valence-electron chi connectivity index (χ1n) is 6.88. The smallest absolute Gasteiger partial charge is 0.248 e. The van der Waals surface area contributed by atoms with Crippen molar-refractivity contribution >= 4 is 5.78 Å². The molecule has 0 aliphatic heterocycles. The first kappa shape index (κ1) is 15.5. The van der Waals surface area contributed by atoms with Crippen molar-refractivity contribution in [2.75, 3.05) is 6.61 Å². The van der Waals surface area contributed by atoms with E-state index in [9.17, 15) is 13.6 Å². The van der Waals surface area contributed by atoms with Crippen molar-refractivity contribution in [2.24, 2.45) is 5.92 Å². The lowest BCUT2D eigenvalue weighted by Gasteiger charge is -2.32. The second kappa shape index (κ2) is 6.09. The molecule has 2 atom stereocenters. The molecule has 4 heteroatoms. The number of hydrogen-bond donors (Lipinski definition) is 0. The molecule has 1 aliphatic carbocycles. The fourth-order valence-corrected chi connectivity index (χ4v) is 2.63. The van der Waals surface area contributed by atoms with E-state index in [1.54, 1.807) is 6.92 Å². The number of hydrogen-bond acceptors (Lipinski definition) is 2. The van der Waals surface area contributed by atoms with Crippen molar-refractivity contribution < 1.29 is 18.3 Å². The summed E-state index contributed by atoms with van der Waals surface area (Å²) in [7, 11) is 0. The van der Waals surface area contributed by atoms with E-state index in [1.807, 2.05) is 13.8 Å². The zero-order valence-electron chi connectivity index (χ0n) is 11.6. The zero-order valence-corrected chi connectivity index (χ0v) is 11.6. The van der Waals surface area contributed by atoms with Crippen LogP contribution in [-0.2, 0) is 9.53 Å². The largest absolute Gasteiger partial charge is 0.368 e. The number of rotatable bonds is 6. The summed E-state index contributed by atoms with van der Waals surface area (Å²) >= 11 is 0. The van der Waals surface area contributed by atoms with Crippen LogP contribution >= 0.6 is 0 Å². The lowest BCUT2D eigenvalue weighted by Crippen LogP contribution is -2.40. The van der Waals surface area contributed by atoms with E-state index in [1.165, 1.54) is 0 Å². The standard InChI is InChI=1S/C14H24F2O2/c1-4-13(3,18-5-2)12(17)9-11-7-6-8-14(15,16)10-11/h11H,4-10H2,1-3H3. The molecule has 0 bridgehead atoms. The van der Waals surface area contributed by atoms with Crippen LogP contribution in [0, 0.1) is 5.92 Å². The average molecular weight is 262 g/mol. The van der Waals surface area contributed by atoms with E-state index < -0.39 is 11.5 Å². The Morgan fingerprint density at radius 1 is 1.44 bits per heavy atom. The predicted octanol–water partition coefficient (Wildman–Crippen LogP) is 3.98. The summed E-state index contributed by atoms with van der Waals surface area (Å²) < 4.78 is 32.1. The van der Waals surface area contributed by atoms with Crippen LogP contribution in [0.5, 0.6) is 0 Å². The predicted molar refractivity (Wildman–Crippen MR) is 66.9 cm³/mol. The van der Waals surface area contributed by atoms with Crippen molar-refractivity contribution in [3.8, 4) is 0 Å². The molecule has 1 saturated carbocycles. The molecule has 0 heterocycles. The van der Waals surface area contributed by atoms with E-state index in [-0.39, 0.29) is 31.0 Å². The van der Waals surface area contributed by atoms with Crippen LogP contribution in [0.4, 0.5) is 8.78 Å². The molecular weight excluding hydrogens is 238 g/mol. The molecule has 0 aromatic carbocycles. The van der Waals surface area contributed by atoms with Gasteiger partial charge in [0.05, 0.1) is 0 Å². The van der Waals surface area contributed by atoms with Crippen LogP contribution in [0.2, 0.25) is 0 Å². The SMILES string of the molecule is CCOC(C)(CC)C(=O)CC1CCCC(F)(F)C1. The number of carbonyl (C=O) groups is 1. The zero-order chi connectivity index (χ0) is 13.8. The van der Waals surface area contributed by atoms with Crippen LogP contribution in [0.1, 0.15) is 59.3 Å². The molecule has 2 nitrogen and oxygen atoms in total. The average Bonchev–Trinajstić information content (AvgIpc) is 2.27. The van der Waals surface area contributed by atoms with Crippen LogP contribution in [0.3, 0.4) is 0 Å². The van der Waals surface area contributed by atoms with E-state index in [0.29, 0.717) is 19.4 Å². The molecular formula is C14H24F2O2. The van der Waals surface area contributed by atoms with Crippen LogP contribution in [0.25, 0.3) is 0 Å². The number of ether oxygens (including phenoxy) is 1. The maximum absolute atomic E-state index is 13.3. The molecule has 106 valence electrons. The molecule has 0 N–H and O–H groups in total. The van der Waals surface area contributed by atoms with Gasteiger partial charge < -0.3 is 4.74 Å². The second-order valence-electron chi connectivity index (χ2n) is 5.46. The number of Topliss-reactive ketones (excluding diaryl/α,β-unsaturated/α-hetero) is 1. The van der Waals surface area contributed by atoms with Crippen molar-refractivity contribution in [1.29, 1.82) is 0 Å². The monoisotopic (exact) mass is 262 g/mol. The third kappa shape index (κ3) is 4.01. The summed E-state index contributed by atoms with van der Waals surface area (Å²) in [4.78, 5) is 12.2.